The van der Waals surface area contributed by atoms with Gasteiger partial charge in [0.1, 0.15) is 6.10 Å². The Hall–Kier alpha value is -1.98. The van der Waals surface area contributed by atoms with Crippen molar-refractivity contribution in [3.05, 3.63) is 48.0 Å². The van der Waals surface area contributed by atoms with Gasteiger partial charge in [0.05, 0.1) is 25.9 Å². The minimum Gasteiger partial charge on any atom is -0.454 e. The first kappa shape index (κ1) is 25.1. The number of carbonyl (C=O) groups is 2. The zero-order valence-electron chi connectivity index (χ0n) is 18.3. The number of rotatable bonds is 15. The second-order valence-corrected chi connectivity index (χ2v) is 7.19. The number of benzene rings is 1. The molecule has 5 nitrogen and oxygen atoms in total. The van der Waals surface area contributed by atoms with Crippen LogP contribution in [0.5, 0.6) is 0 Å². The molecule has 162 valence electrons. The van der Waals surface area contributed by atoms with Crippen molar-refractivity contribution in [1.29, 1.82) is 0 Å². The molecule has 0 spiro atoms. The van der Waals surface area contributed by atoms with E-state index < -0.39 is 12.1 Å². The average Bonchev–Trinajstić information content (AvgIpc) is 2.75. The first-order valence-electron chi connectivity index (χ1n) is 10.7. The maximum Gasteiger partial charge on any atom is 0.331 e. The third-order valence-electron chi connectivity index (χ3n) is 4.87. The van der Waals surface area contributed by atoms with Gasteiger partial charge in [-0.1, -0.05) is 58.0 Å². The SMILES string of the molecule is CCC(CC)OCC(COCCc1ccccc1)OC(=O)/C=C\C(=O)C(C)CC. The lowest BCUT2D eigenvalue weighted by Crippen LogP contribution is -2.30. The molecule has 0 aliphatic heterocycles. The molecule has 0 N–H and O–H groups in total. The van der Waals surface area contributed by atoms with Gasteiger partial charge in [-0.15, -0.1) is 0 Å². The van der Waals surface area contributed by atoms with E-state index in [4.69, 9.17) is 14.2 Å². The molecule has 0 heterocycles. The van der Waals surface area contributed by atoms with Crippen LogP contribution in [0.25, 0.3) is 0 Å². The fourth-order valence-corrected chi connectivity index (χ4v) is 2.65. The summed E-state index contributed by atoms with van der Waals surface area (Å²) in [4.78, 5) is 24.0. The summed E-state index contributed by atoms with van der Waals surface area (Å²) in [6, 6.07) is 10.1. The van der Waals surface area contributed by atoms with E-state index >= 15 is 0 Å². The van der Waals surface area contributed by atoms with Crippen LogP contribution >= 0.6 is 0 Å². The van der Waals surface area contributed by atoms with Crippen LogP contribution in [0.2, 0.25) is 0 Å². The van der Waals surface area contributed by atoms with E-state index in [9.17, 15) is 9.59 Å². The van der Waals surface area contributed by atoms with Crippen molar-refractivity contribution in [3.63, 3.8) is 0 Å². The van der Waals surface area contributed by atoms with Gasteiger partial charge in [-0.25, -0.2) is 4.79 Å². The highest BCUT2D eigenvalue weighted by molar-refractivity contribution is 5.96. The lowest BCUT2D eigenvalue weighted by Gasteiger charge is -2.21. The summed E-state index contributed by atoms with van der Waals surface area (Å²) in [5.74, 6) is -0.728. The van der Waals surface area contributed by atoms with Gasteiger partial charge in [-0.05, 0) is 37.3 Å². The monoisotopic (exact) mass is 404 g/mol. The van der Waals surface area contributed by atoms with Crippen LogP contribution in [-0.2, 0) is 30.2 Å². The van der Waals surface area contributed by atoms with E-state index in [0.29, 0.717) is 6.61 Å². The molecule has 0 aliphatic rings. The van der Waals surface area contributed by atoms with E-state index in [0.717, 1.165) is 25.7 Å². The van der Waals surface area contributed by atoms with Crippen LogP contribution in [0.4, 0.5) is 0 Å². The molecule has 0 radical (unpaired) electrons. The number of hydrogen-bond donors (Lipinski definition) is 0. The Morgan fingerprint density at radius 3 is 2.24 bits per heavy atom. The molecule has 2 atom stereocenters. The van der Waals surface area contributed by atoms with Crippen LogP contribution in [0.15, 0.2) is 42.5 Å². The topological polar surface area (TPSA) is 61.8 Å². The zero-order chi connectivity index (χ0) is 21.5. The lowest BCUT2D eigenvalue weighted by atomic mass is 10.0. The second kappa shape index (κ2) is 14.9. The highest BCUT2D eigenvalue weighted by Crippen LogP contribution is 2.08. The fourth-order valence-electron chi connectivity index (χ4n) is 2.65. The summed E-state index contributed by atoms with van der Waals surface area (Å²) in [5.41, 5.74) is 1.20. The van der Waals surface area contributed by atoms with Crippen molar-refractivity contribution < 1.29 is 23.8 Å². The molecule has 29 heavy (non-hydrogen) atoms. The van der Waals surface area contributed by atoms with Crippen molar-refractivity contribution >= 4 is 11.8 Å². The van der Waals surface area contributed by atoms with E-state index in [1.807, 2.05) is 32.0 Å². The molecule has 1 aromatic carbocycles. The average molecular weight is 405 g/mol. The van der Waals surface area contributed by atoms with Crippen molar-refractivity contribution in [2.45, 2.75) is 65.6 Å². The Morgan fingerprint density at radius 1 is 0.931 bits per heavy atom. The number of allylic oxidation sites excluding steroid dienone is 1. The molecular formula is C24H36O5. The van der Waals surface area contributed by atoms with Crippen molar-refractivity contribution in [2.24, 2.45) is 5.92 Å². The minimum absolute atomic E-state index is 0.0756. The summed E-state index contributed by atoms with van der Waals surface area (Å²) in [7, 11) is 0. The summed E-state index contributed by atoms with van der Waals surface area (Å²) in [6.45, 7) is 8.97. The van der Waals surface area contributed by atoms with Gasteiger partial charge in [0.25, 0.3) is 0 Å². The Kier molecular flexibility index (Phi) is 12.9. The molecule has 1 rings (SSSR count). The van der Waals surface area contributed by atoms with E-state index in [1.165, 1.54) is 17.7 Å². The predicted molar refractivity (Wildman–Crippen MR) is 115 cm³/mol. The molecule has 0 bridgehead atoms. The maximum atomic E-state index is 12.1. The van der Waals surface area contributed by atoms with Gasteiger partial charge in [-0.3, -0.25) is 4.79 Å². The third kappa shape index (κ3) is 11.0. The molecule has 0 amide bonds. The molecule has 5 heteroatoms. The smallest absolute Gasteiger partial charge is 0.331 e. The largest absolute Gasteiger partial charge is 0.454 e. The van der Waals surface area contributed by atoms with Gasteiger partial charge in [0, 0.05) is 12.0 Å². The van der Waals surface area contributed by atoms with Crippen LogP contribution in [0.1, 0.15) is 52.5 Å². The Morgan fingerprint density at radius 2 is 1.62 bits per heavy atom. The molecule has 2 unspecified atom stereocenters. The van der Waals surface area contributed by atoms with Crippen LogP contribution in [0.3, 0.4) is 0 Å². The first-order chi connectivity index (χ1) is 14.0. The normalized spacial score (nSPS) is 13.6. The van der Waals surface area contributed by atoms with E-state index in [1.54, 1.807) is 0 Å². The zero-order valence-corrected chi connectivity index (χ0v) is 18.3. The third-order valence-corrected chi connectivity index (χ3v) is 4.87. The van der Waals surface area contributed by atoms with Gasteiger partial charge < -0.3 is 14.2 Å². The number of carbonyl (C=O) groups excluding carboxylic acids is 2. The van der Waals surface area contributed by atoms with Gasteiger partial charge in [0.15, 0.2) is 5.78 Å². The van der Waals surface area contributed by atoms with Gasteiger partial charge in [-0.2, -0.15) is 0 Å². The van der Waals surface area contributed by atoms with Crippen molar-refractivity contribution in [2.75, 3.05) is 19.8 Å². The summed E-state index contributed by atoms with van der Waals surface area (Å²) in [5, 5.41) is 0. The van der Waals surface area contributed by atoms with Crippen LogP contribution in [-0.4, -0.2) is 43.8 Å². The van der Waals surface area contributed by atoms with E-state index in [2.05, 4.69) is 26.0 Å². The van der Waals surface area contributed by atoms with Gasteiger partial charge in [0.2, 0.25) is 0 Å². The highest BCUT2D eigenvalue weighted by atomic mass is 16.6. The molecular weight excluding hydrogens is 368 g/mol. The van der Waals surface area contributed by atoms with Crippen LogP contribution in [0, 0.1) is 5.92 Å². The van der Waals surface area contributed by atoms with E-state index in [-0.39, 0.29) is 31.0 Å². The number of esters is 1. The number of hydrogen-bond acceptors (Lipinski definition) is 5. The summed E-state index contributed by atoms with van der Waals surface area (Å²) >= 11 is 0. The Balaban J connectivity index is 2.53. The Labute approximate surface area is 175 Å². The minimum atomic E-state index is -0.550. The number of ketones is 1. The lowest BCUT2D eigenvalue weighted by molar-refractivity contribution is -0.152. The maximum absolute atomic E-state index is 12.1. The van der Waals surface area contributed by atoms with Crippen LogP contribution < -0.4 is 0 Å². The molecule has 1 aromatic rings. The standard InChI is InChI=1S/C24H36O5/c1-5-19(4)23(25)13-14-24(26)29-22(18-28-21(6-2)7-3)17-27-16-15-20-11-9-8-10-12-20/h8-14,19,21-22H,5-7,15-18H2,1-4H3/b14-13-. The molecule has 0 saturated heterocycles. The Bertz CT molecular complexity index is 607. The van der Waals surface area contributed by atoms with Crippen molar-refractivity contribution in [3.8, 4) is 0 Å². The highest BCUT2D eigenvalue weighted by Gasteiger charge is 2.17. The van der Waals surface area contributed by atoms with Crippen molar-refractivity contribution in [1.82, 2.24) is 0 Å². The summed E-state index contributed by atoms with van der Waals surface area (Å²) in [6.07, 6.45) is 5.43. The molecule has 0 fully saturated rings. The predicted octanol–water partition coefficient (Wildman–Crippen LogP) is 4.53. The first-order valence-corrected chi connectivity index (χ1v) is 10.7. The number of ether oxygens (including phenoxy) is 3. The quantitative estimate of drug-likeness (QED) is 0.244. The molecule has 0 saturated carbocycles. The fraction of sp³-hybridized carbons (Fsp3) is 0.583. The molecule has 0 aliphatic carbocycles. The second-order valence-electron chi connectivity index (χ2n) is 7.19. The van der Waals surface area contributed by atoms with Gasteiger partial charge >= 0.3 is 5.97 Å². The molecule has 0 aromatic heterocycles. The summed E-state index contributed by atoms with van der Waals surface area (Å²) < 4.78 is 17.1.